The van der Waals surface area contributed by atoms with E-state index in [4.69, 9.17) is 8.83 Å². The Kier molecular flexibility index (Phi) is 3.62. The highest BCUT2D eigenvalue weighted by molar-refractivity contribution is 5.95. The van der Waals surface area contributed by atoms with Gasteiger partial charge in [0.05, 0.1) is 13.4 Å². The summed E-state index contributed by atoms with van der Waals surface area (Å²) in [7, 11) is 1.25. The minimum atomic E-state index is -0.597. The average Bonchev–Trinajstić information content (AvgIpc) is 3.05. The predicted octanol–water partition coefficient (Wildman–Crippen LogP) is 2.47. The number of esters is 1. The molecule has 2 aromatic rings. The molecule has 0 fully saturated rings. The van der Waals surface area contributed by atoms with E-state index in [1.54, 1.807) is 18.4 Å². The Morgan fingerprint density at radius 3 is 2.67 bits per heavy atom. The maximum absolute atomic E-state index is 11.8. The molecule has 0 radical (unpaired) electrons. The topological polar surface area (TPSA) is 69.7 Å². The van der Waals surface area contributed by atoms with Gasteiger partial charge in [0.25, 0.3) is 0 Å². The van der Waals surface area contributed by atoms with Gasteiger partial charge in [-0.3, -0.25) is 4.79 Å². The van der Waals surface area contributed by atoms with E-state index < -0.39 is 5.97 Å². The number of carbonyl (C=O) groups is 2. The molecule has 0 saturated heterocycles. The highest BCUT2D eigenvalue weighted by Crippen LogP contribution is 2.13. The molecule has 5 nitrogen and oxygen atoms in total. The zero-order chi connectivity index (χ0) is 13.0. The fourth-order valence-electron chi connectivity index (χ4n) is 1.51. The summed E-state index contributed by atoms with van der Waals surface area (Å²) in [4.78, 5) is 22.9. The van der Waals surface area contributed by atoms with Crippen LogP contribution in [0, 0.1) is 0 Å². The second-order valence-corrected chi connectivity index (χ2v) is 3.66. The van der Waals surface area contributed by atoms with Crippen LogP contribution in [-0.4, -0.2) is 18.9 Å². The smallest absolute Gasteiger partial charge is 0.373 e. The molecule has 94 valence electrons. The molecular formula is C13H12O5. The number of rotatable bonds is 5. The Bertz CT molecular complexity index is 535. The van der Waals surface area contributed by atoms with Gasteiger partial charge < -0.3 is 13.6 Å². The first-order valence-corrected chi connectivity index (χ1v) is 5.44. The molecule has 0 aliphatic carbocycles. The fourth-order valence-corrected chi connectivity index (χ4v) is 1.51. The third kappa shape index (κ3) is 2.68. The number of furan rings is 2. The van der Waals surface area contributed by atoms with Crippen molar-refractivity contribution in [2.24, 2.45) is 0 Å². The van der Waals surface area contributed by atoms with Crippen LogP contribution in [0.1, 0.15) is 33.3 Å². The van der Waals surface area contributed by atoms with Crippen molar-refractivity contribution >= 4 is 11.8 Å². The lowest BCUT2D eigenvalue weighted by Gasteiger charge is -1.96. The van der Waals surface area contributed by atoms with Crippen molar-refractivity contribution in [2.75, 3.05) is 7.11 Å². The van der Waals surface area contributed by atoms with Crippen molar-refractivity contribution < 1.29 is 23.2 Å². The van der Waals surface area contributed by atoms with Crippen molar-refractivity contribution in [3.8, 4) is 0 Å². The van der Waals surface area contributed by atoms with Crippen LogP contribution in [0.2, 0.25) is 0 Å². The van der Waals surface area contributed by atoms with Crippen LogP contribution in [0.4, 0.5) is 0 Å². The van der Waals surface area contributed by atoms with Crippen LogP contribution < -0.4 is 0 Å². The lowest BCUT2D eigenvalue weighted by atomic mass is 10.1. The van der Waals surface area contributed by atoms with Gasteiger partial charge in [0.2, 0.25) is 5.76 Å². The SMILES string of the molecule is COC(=O)c1ccc(C(=O)CCc2ccco2)o1. The van der Waals surface area contributed by atoms with Crippen LogP contribution in [0.5, 0.6) is 0 Å². The molecule has 0 aromatic carbocycles. The molecule has 0 saturated carbocycles. The highest BCUT2D eigenvalue weighted by atomic mass is 16.5. The first-order valence-electron chi connectivity index (χ1n) is 5.44. The molecule has 0 spiro atoms. The van der Waals surface area contributed by atoms with E-state index in [2.05, 4.69) is 4.74 Å². The lowest BCUT2D eigenvalue weighted by Crippen LogP contribution is -2.01. The van der Waals surface area contributed by atoms with Crippen molar-refractivity contribution in [1.29, 1.82) is 0 Å². The highest BCUT2D eigenvalue weighted by Gasteiger charge is 2.16. The Morgan fingerprint density at radius 2 is 2.00 bits per heavy atom. The molecule has 18 heavy (non-hydrogen) atoms. The molecule has 0 aliphatic heterocycles. The molecule has 2 aromatic heterocycles. The average molecular weight is 248 g/mol. The van der Waals surface area contributed by atoms with Gasteiger partial charge in [0, 0.05) is 12.8 Å². The van der Waals surface area contributed by atoms with Gasteiger partial charge in [0.1, 0.15) is 5.76 Å². The number of Topliss-reactive ketones (excluding diaryl/α,β-unsaturated/α-hetero) is 1. The number of ether oxygens (including phenoxy) is 1. The summed E-state index contributed by atoms with van der Waals surface area (Å²) in [6, 6.07) is 6.46. The maximum Gasteiger partial charge on any atom is 0.373 e. The van der Waals surface area contributed by atoms with Gasteiger partial charge in [-0.2, -0.15) is 0 Å². The van der Waals surface area contributed by atoms with Crippen LogP contribution >= 0.6 is 0 Å². The predicted molar refractivity (Wildman–Crippen MR) is 61.4 cm³/mol. The minimum absolute atomic E-state index is 0.0267. The summed E-state index contributed by atoms with van der Waals surface area (Å²) in [5.74, 6) is 0.144. The monoisotopic (exact) mass is 248 g/mol. The van der Waals surface area contributed by atoms with Crippen LogP contribution in [0.25, 0.3) is 0 Å². The van der Waals surface area contributed by atoms with Crippen LogP contribution in [0.3, 0.4) is 0 Å². The van der Waals surface area contributed by atoms with Crippen molar-refractivity contribution in [2.45, 2.75) is 12.8 Å². The third-order valence-electron chi connectivity index (χ3n) is 2.45. The number of carbonyl (C=O) groups excluding carboxylic acids is 2. The maximum atomic E-state index is 11.8. The Balaban J connectivity index is 1.96. The molecule has 0 atom stereocenters. The van der Waals surface area contributed by atoms with Crippen LogP contribution in [0.15, 0.2) is 39.4 Å². The van der Waals surface area contributed by atoms with Crippen molar-refractivity contribution in [1.82, 2.24) is 0 Å². The van der Waals surface area contributed by atoms with Crippen molar-refractivity contribution in [3.63, 3.8) is 0 Å². The number of methoxy groups -OCH3 is 1. The summed E-state index contributed by atoms with van der Waals surface area (Å²) in [5, 5.41) is 0. The van der Waals surface area contributed by atoms with E-state index >= 15 is 0 Å². The standard InChI is InChI=1S/C13H12O5/c1-16-13(15)12-7-6-11(18-12)10(14)5-4-9-3-2-8-17-9/h2-3,6-8H,4-5H2,1H3. The van der Waals surface area contributed by atoms with Gasteiger partial charge in [0.15, 0.2) is 11.5 Å². The van der Waals surface area contributed by atoms with Gasteiger partial charge in [-0.25, -0.2) is 4.79 Å². The zero-order valence-electron chi connectivity index (χ0n) is 9.84. The molecule has 0 amide bonds. The summed E-state index contributed by atoms with van der Waals surface area (Å²) in [5.41, 5.74) is 0. The normalized spacial score (nSPS) is 10.3. The summed E-state index contributed by atoms with van der Waals surface area (Å²) >= 11 is 0. The van der Waals surface area contributed by atoms with Gasteiger partial charge in [-0.15, -0.1) is 0 Å². The quantitative estimate of drug-likeness (QED) is 0.600. The van der Waals surface area contributed by atoms with E-state index in [9.17, 15) is 9.59 Å². The minimum Gasteiger partial charge on any atom is -0.469 e. The van der Waals surface area contributed by atoms with Crippen molar-refractivity contribution in [3.05, 3.63) is 47.8 Å². The van der Waals surface area contributed by atoms with Gasteiger partial charge in [-0.05, 0) is 24.3 Å². The first-order chi connectivity index (χ1) is 8.70. The molecule has 0 aliphatic rings. The summed E-state index contributed by atoms with van der Waals surface area (Å²) in [6.45, 7) is 0. The number of ketones is 1. The Labute approximate surface area is 103 Å². The second-order valence-electron chi connectivity index (χ2n) is 3.66. The van der Waals surface area contributed by atoms with E-state index in [0.29, 0.717) is 6.42 Å². The molecule has 0 unspecified atom stereocenters. The van der Waals surface area contributed by atoms with E-state index in [1.165, 1.54) is 19.2 Å². The molecule has 2 rings (SSSR count). The second kappa shape index (κ2) is 5.35. The molecule has 5 heteroatoms. The molecule has 0 bridgehead atoms. The Morgan fingerprint density at radius 1 is 1.22 bits per heavy atom. The Hall–Kier alpha value is -2.30. The first kappa shape index (κ1) is 12.2. The molecule has 2 heterocycles. The number of hydrogen-bond acceptors (Lipinski definition) is 5. The van der Waals surface area contributed by atoms with E-state index in [1.807, 2.05) is 0 Å². The zero-order valence-corrected chi connectivity index (χ0v) is 9.84. The van der Waals surface area contributed by atoms with Crippen LogP contribution in [-0.2, 0) is 11.2 Å². The summed E-state index contributed by atoms with van der Waals surface area (Å²) in [6.07, 6.45) is 2.32. The molecular weight excluding hydrogens is 236 g/mol. The van der Waals surface area contributed by atoms with E-state index in [-0.39, 0.29) is 23.7 Å². The number of aryl methyl sites for hydroxylation is 1. The molecule has 0 N–H and O–H groups in total. The largest absolute Gasteiger partial charge is 0.469 e. The van der Waals surface area contributed by atoms with Gasteiger partial charge in [-0.1, -0.05) is 0 Å². The van der Waals surface area contributed by atoms with E-state index in [0.717, 1.165) is 5.76 Å². The third-order valence-corrected chi connectivity index (χ3v) is 2.45. The fraction of sp³-hybridized carbons (Fsp3) is 0.231. The number of hydrogen-bond donors (Lipinski definition) is 0. The lowest BCUT2D eigenvalue weighted by molar-refractivity contribution is 0.0563. The van der Waals surface area contributed by atoms with Gasteiger partial charge >= 0.3 is 5.97 Å². The summed E-state index contributed by atoms with van der Waals surface area (Å²) < 4.78 is 14.7.